The maximum Gasteiger partial charge on any atom is 0.307 e. The molecular weight excluding hydrogens is 460 g/mol. The van der Waals surface area contributed by atoms with Gasteiger partial charge in [0.05, 0.1) is 56.1 Å². The molecule has 1 N–H and O–H groups in total. The summed E-state index contributed by atoms with van der Waals surface area (Å²) in [6, 6.07) is 15.9. The van der Waals surface area contributed by atoms with Crippen LogP contribution >= 0.6 is 0 Å². The SMILES string of the molecule is COC(=O)CC(NC(=O)c1cc(-c2ccccc2)nc2c1c(C)nn2C)c1ccc(OC)c(OC)c1. The Hall–Kier alpha value is -4.40. The third kappa shape index (κ3) is 4.86. The third-order valence-electron chi connectivity index (χ3n) is 6.00. The molecule has 4 rings (SSSR count). The Morgan fingerprint density at radius 1 is 1.00 bits per heavy atom. The normalized spacial score (nSPS) is 11.7. The predicted molar refractivity (Wildman–Crippen MR) is 135 cm³/mol. The number of pyridine rings is 1. The second-order valence-corrected chi connectivity index (χ2v) is 8.25. The van der Waals surface area contributed by atoms with Crippen LogP contribution in [0.2, 0.25) is 0 Å². The van der Waals surface area contributed by atoms with Gasteiger partial charge >= 0.3 is 5.97 Å². The highest BCUT2D eigenvalue weighted by atomic mass is 16.5. The molecule has 0 spiro atoms. The molecule has 0 bridgehead atoms. The van der Waals surface area contributed by atoms with Crippen molar-refractivity contribution in [1.29, 1.82) is 0 Å². The molecule has 0 aliphatic carbocycles. The summed E-state index contributed by atoms with van der Waals surface area (Å²) >= 11 is 0. The van der Waals surface area contributed by atoms with E-state index < -0.39 is 12.0 Å². The van der Waals surface area contributed by atoms with Crippen LogP contribution in [0.4, 0.5) is 0 Å². The largest absolute Gasteiger partial charge is 0.493 e. The number of nitrogens with one attached hydrogen (secondary N) is 1. The minimum absolute atomic E-state index is 0.0660. The van der Waals surface area contributed by atoms with E-state index in [0.29, 0.717) is 45.0 Å². The van der Waals surface area contributed by atoms with Gasteiger partial charge in [0.25, 0.3) is 5.91 Å². The number of rotatable bonds is 8. The van der Waals surface area contributed by atoms with Crippen molar-refractivity contribution in [3.05, 3.63) is 71.4 Å². The fraction of sp³-hybridized carbons (Fsp3) is 0.259. The van der Waals surface area contributed by atoms with Gasteiger partial charge in [0, 0.05) is 12.6 Å². The number of aromatic nitrogens is 3. The zero-order chi connectivity index (χ0) is 25.8. The molecular formula is C27H28N4O5. The molecule has 0 aliphatic rings. The van der Waals surface area contributed by atoms with Gasteiger partial charge in [0.15, 0.2) is 17.1 Å². The molecule has 186 valence electrons. The maximum atomic E-state index is 13.8. The zero-order valence-corrected chi connectivity index (χ0v) is 20.9. The van der Waals surface area contributed by atoms with E-state index in [9.17, 15) is 9.59 Å². The van der Waals surface area contributed by atoms with Crippen molar-refractivity contribution in [3.8, 4) is 22.8 Å². The molecule has 0 aliphatic heterocycles. The number of ether oxygens (including phenoxy) is 3. The van der Waals surface area contributed by atoms with Crippen LogP contribution in [0.1, 0.15) is 34.1 Å². The number of methoxy groups -OCH3 is 3. The van der Waals surface area contributed by atoms with Crippen molar-refractivity contribution in [1.82, 2.24) is 20.1 Å². The number of carbonyl (C=O) groups excluding carboxylic acids is 2. The number of benzene rings is 2. The maximum absolute atomic E-state index is 13.8. The summed E-state index contributed by atoms with van der Waals surface area (Å²) in [6.45, 7) is 1.84. The van der Waals surface area contributed by atoms with E-state index in [2.05, 4.69) is 10.4 Å². The number of aryl methyl sites for hydroxylation is 2. The summed E-state index contributed by atoms with van der Waals surface area (Å²) in [6.07, 6.45) is -0.0660. The number of hydrogen-bond donors (Lipinski definition) is 1. The van der Waals surface area contributed by atoms with Crippen LogP contribution in [0.3, 0.4) is 0 Å². The fourth-order valence-corrected chi connectivity index (χ4v) is 4.19. The summed E-state index contributed by atoms with van der Waals surface area (Å²) in [5, 5.41) is 8.14. The highest BCUT2D eigenvalue weighted by molar-refractivity contribution is 6.07. The van der Waals surface area contributed by atoms with E-state index in [1.165, 1.54) is 14.2 Å². The van der Waals surface area contributed by atoms with Gasteiger partial charge in [-0.25, -0.2) is 4.98 Å². The van der Waals surface area contributed by atoms with E-state index in [-0.39, 0.29) is 12.3 Å². The number of esters is 1. The lowest BCUT2D eigenvalue weighted by molar-refractivity contribution is -0.141. The summed E-state index contributed by atoms with van der Waals surface area (Å²) in [5.41, 5.74) is 3.88. The monoisotopic (exact) mass is 488 g/mol. The van der Waals surface area contributed by atoms with Crippen LogP contribution in [0.5, 0.6) is 11.5 Å². The van der Waals surface area contributed by atoms with Crippen molar-refractivity contribution in [3.63, 3.8) is 0 Å². The van der Waals surface area contributed by atoms with Gasteiger partial charge in [-0.1, -0.05) is 36.4 Å². The molecule has 36 heavy (non-hydrogen) atoms. The predicted octanol–water partition coefficient (Wildman–Crippen LogP) is 4.00. The van der Waals surface area contributed by atoms with Gasteiger partial charge in [-0.15, -0.1) is 0 Å². The van der Waals surface area contributed by atoms with Crippen molar-refractivity contribution < 1.29 is 23.8 Å². The Labute approximate surface area is 209 Å². The molecule has 2 heterocycles. The standard InChI is InChI=1S/C27H28N4O5/c1-16-25-19(14-20(17-9-7-6-8-10-17)28-26(25)31(2)30-16)27(33)29-21(15-24(32)36-5)18-11-12-22(34-3)23(13-18)35-4/h6-14,21H,15H2,1-5H3,(H,29,33). The Morgan fingerprint density at radius 2 is 1.72 bits per heavy atom. The second kappa shape index (κ2) is 10.5. The quantitative estimate of drug-likeness (QED) is 0.374. The Bertz CT molecular complexity index is 1410. The molecule has 4 aromatic rings. The average molecular weight is 489 g/mol. The number of hydrogen-bond acceptors (Lipinski definition) is 7. The van der Waals surface area contributed by atoms with Crippen molar-refractivity contribution >= 4 is 22.9 Å². The highest BCUT2D eigenvalue weighted by Crippen LogP contribution is 2.32. The van der Waals surface area contributed by atoms with E-state index in [0.717, 1.165) is 5.56 Å². The molecule has 0 saturated heterocycles. The first kappa shape index (κ1) is 24.7. The highest BCUT2D eigenvalue weighted by Gasteiger charge is 2.25. The van der Waals surface area contributed by atoms with Crippen molar-refractivity contribution in [2.75, 3.05) is 21.3 Å². The van der Waals surface area contributed by atoms with Gasteiger partial charge in [-0.3, -0.25) is 14.3 Å². The second-order valence-electron chi connectivity index (χ2n) is 8.25. The molecule has 2 aromatic carbocycles. The van der Waals surface area contributed by atoms with Gasteiger partial charge in [-0.2, -0.15) is 5.10 Å². The smallest absolute Gasteiger partial charge is 0.307 e. The first-order chi connectivity index (χ1) is 17.4. The molecule has 9 heteroatoms. The first-order valence-electron chi connectivity index (χ1n) is 11.4. The van der Waals surface area contributed by atoms with Crippen LogP contribution in [-0.2, 0) is 16.6 Å². The summed E-state index contributed by atoms with van der Waals surface area (Å²) in [5.74, 6) is 0.204. The molecule has 1 amide bonds. The lowest BCUT2D eigenvalue weighted by Crippen LogP contribution is -2.31. The van der Waals surface area contributed by atoms with E-state index in [4.69, 9.17) is 19.2 Å². The average Bonchev–Trinajstić information content (AvgIpc) is 3.20. The summed E-state index contributed by atoms with van der Waals surface area (Å²) in [7, 11) is 6.18. The number of amides is 1. The van der Waals surface area contributed by atoms with Crippen LogP contribution in [0, 0.1) is 6.92 Å². The molecule has 1 atom stereocenters. The lowest BCUT2D eigenvalue weighted by Gasteiger charge is -2.20. The Morgan fingerprint density at radius 3 is 2.39 bits per heavy atom. The van der Waals surface area contributed by atoms with Crippen molar-refractivity contribution in [2.45, 2.75) is 19.4 Å². The van der Waals surface area contributed by atoms with E-state index in [1.807, 2.05) is 37.3 Å². The summed E-state index contributed by atoms with van der Waals surface area (Å²) < 4.78 is 17.3. The van der Waals surface area contributed by atoms with Crippen LogP contribution in [0.25, 0.3) is 22.3 Å². The number of fused-ring (bicyclic) bond motifs is 1. The van der Waals surface area contributed by atoms with E-state index in [1.54, 1.807) is 43.1 Å². The topological polar surface area (TPSA) is 105 Å². The van der Waals surface area contributed by atoms with Gasteiger partial charge in [-0.05, 0) is 30.7 Å². The molecule has 0 radical (unpaired) electrons. The Balaban J connectivity index is 1.79. The van der Waals surface area contributed by atoms with Crippen LogP contribution < -0.4 is 14.8 Å². The van der Waals surface area contributed by atoms with Gasteiger partial charge < -0.3 is 19.5 Å². The first-order valence-corrected chi connectivity index (χ1v) is 11.4. The molecule has 0 fully saturated rings. The minimum atomic E-state index is -0.676. The summed E-state index contributed by atoms with van der Waals surface area (Å²) in [4.78, 5) is 30.8. The van der Waals surface area contributed by atoms with Crippen molar-refractivity contribution in [2.24, 2.45) is 7.05 Å². The lowest BCUT2D eigenvalue weighted by atomic mass is 10.0. The van der Waals surface area contributed by atoms with E-state index >= 15 is 0 Å². The Kier molecular flexibility index (Phi) is 7.19. The van der Waals surface area contributed by atoms with Crippen LogP contribution in [-0.4, -0.2) is 48.0 Å². The number of nitrogens with zero attached hydrogens (tertiary/aromatic N) is 3. The number of carbonyl (C=O) groups is 2. The zero-order valence-electron chi connectivity index (χ0n) is 20.9. The molecule has 0 saturated carbocycles. The fourth-order valence-electron chi connectivity index (χ4n) is 4.19. The molecule has 1 unspecified atom stereocenters. The van der Waals surface area contributed by atoms with Gasteiger partial charge in [0.1, 0.15) is 0 Å². The van der Waals surface area contributed by atoms with Gasteiger partial charge in [0.2, 0.25) is 0 Å². The van der Waals surface area contributed by atoms with Crippen LogP contribution in [0.15, 0.2) is 54.6 Å². The molecule has 2 aromatic heterocycles. The third-order valence-corrected chi connectivity index (χ3v) is 6.00. The minimum Gasteiger partial charge on any atom is -0.493 e. The molecule has 9 nitrogen and oxygen atoms in total.